The molecule has 2 aromatic rings. The van der Waals surface area contributed by atoms with Crippen molar-refractivity contribution in [3.63, 3.8) is 0 Å². The summed E-state index contributed by atoms with van der Waals surface area (Å²) in [5, 5.41) is 3.79. The number of nitrogens with zero attached hydrogens (tertiary/aromatic N) is 2. The SMILES string of the molecule is CNc1cc(C2CC2)nc(-c2ccc(Cl)c(Br)c2)n1. The zero-order chi connectivity index (χ0) is 13.4. The topological polar surface area (TPSA) is 37.8 Å². The Hall–Kier alpha value is -1.13. The van der Waals surface area contributed by atoms with Gasteiger partial charge in [-0.1, -0.05) is 11.6 Å². The highest BCUT2D eigenvalue weighted by Crippen LogP contribution is 2.40. The van der Waals surface area contributed by atoms with Gasteiger partial charge in [0.15, 0.2) is 5.82 Å². The lowest BCUT2D eigenvalue weighted by atomic mass is 10.2. The van der Waals surface area contributed by atoms with Gasteiger partial charge in [-0.2, -0.15) is 0 Å². The average molecular weight is 339 g/mol. The molecule has 1 aliphatic carbocycles. The second-order valence-electron chi connectivity index (χ2n) is 4.65. The van der Waals surface area contributed by atoms with Crippen molar-refractivity contribution in [1.82, 2.24) is 9.97 Å². The third kappa shape index (κ3) is 2.74. The van der Waals surface area contributed by atoms with Gasteiger partial charge in [0.2, 0.25) is 0 Å². The van der Waals surface area contributed by atoms with E-state index in [1.165, 1.54) is 12.8 Å². The summed E-state index contributed by atoms with van der Waals surface area (Å²) in [7, 11) is 1.88. The van der Waals surface area contributed by atoms with Gasteiger partial charge >= 0.3 is 0 Å². The van der Waals surface area contributed by atoms with Crippen LogP contribution >= 0.6 is 27.5 Å². The smallest absolute Gasteiger partial charge is 0.161 e. The van der Waals surface area contributed by atoms with Gasteiger partial charge in [0.05, 0.1) is 5.02 Å². The maximum atomic E-state index is 6.02. The molecule has 1 saturated carbocycles. The van der Waals surface area contributed by atoms with Gasteiger partial charge in [0.25, 0.3) is 0 Å². The summed E-state index contributed by atoms with van der Waals surface area (Å²) in [5.74, 6) is 2.20. The maximum Gasteiger partial charge on any atom is 0.161 e. The molecular weight excluding hydrogens is 326 g/mol. The van der Waals surface area contributed by atoms with E-state index in [0.717, 1.165) is 27.4 Å². The van der Waals surface area contributed by atoms with Crippen LogP contribution in [0.15, 0.2) is 28.7 Å². The Bertz CT molecular complexity index is 626. The fourth-order valence-electron chi connectivity index (χ4n) is 1.95. The number of benzene rings is 1. The van der Waals surface area contributed by atoms with Crippen molar-refractivity contribution in [2.24, 2.45) is 0 Å². The van der Waals surface area contributed by atoms with E-state index in [1.54, 1.807) is 0 Å². The second-order valence-corrected chi connectivity index (χ2v) is 5.92. The summed E-state index contributed by atoms with van der Waals surface area (Å²) in [6, 6.07) is 7.78. The van der Waals surface area contributed by atoms with Crippen molar-refractivity contribution < 1.29 is 0 Å². The minimum atomic E-state index is 0.601. The molecule has 1 fully saturated rings. The van der Waals surface area contributed by atoms with Crippen LogP contribution in [0.3, 0.4) is 0 Å². The van der Waals surface area contributed by atoms with Crippen LogP contribution in [-0.4, -0.2) is 17.0 Å². The third-order valence-electron chi connectivity index (χ3n) is 3.18. The van der Waals surface area contributed by atoms with Crippen LogP contribution < -0.4 is 5.32 Å². The van der Waals surface area contributed by atoms with Gasteiger partial charge in [-0.15, -0.1) is 0 Å². The fraction of sp³-hybridized carbons (Fsp3) is 0.286. The highest BCUT2D eigenvalue weighted by Gasteiger charge is 2.26. The molecular formula is C14H13BrClN3. The molecule has 1 aromatic carbocycles. The molecule has 98 valence electrons. The number of hydrogen-bond acceptors (Lipinski definition) is 3. The van der Waals surface area contributed by atoms with E-state index < -0.39 is 0 Å². The highest BCUT2D eigenvalue weighted by molar-refractivity contribution is 9.10. The number of hydrogen-bond donors (Lipinski definition) is 1. The minimum Gasteiger partial charge on any atom is -0.373 e. The molecule has 1 aromatic heterocycles. The minimum absolute atomic E-state index is 0.601. The molecule has 0 radical (unpaired) electrons. The van der Waals surface area contributed by atoms with Crippen molar-refractivity contribution >= 4 is 33.3 Å². The lowest BCUT2D eigenvalue weighted by Gasteiger charge is -2.08. The number of anilines is 1. The number of aromatic nitrogens is 2. The van der Waals surface area contributed by atoms with Crippen molar-refractivity contribution in [2.75, 3.05) is 12.4 Å². The zero-order valence-electron chi connectivity index (χ0n) is 10.5. The van der Waals surface area contributed by atoms with Gasteiger partial charge < -0.3 is 5.32 Å². The van der Waals surface area contributed by atoms with Gasteiger partial charge in [-0.05, 0) is 47.0 Å². The first kappa shape index (κ1) is 12.9. The first-order valence-electron chi connectivity index (χ1n) is 6.19. The Morgan fingerprint density at radius 2 is 2.05 bits per heavy atom. The Kier molecular flexibility index (Phi) is 3.46. The molecule has 0 unspecified atom stereocenters. The van der Waals surface area contributed by atoms with Crippen LogP contribution in [0.1, 0.15) is 24.5 Å². The average Bonchev–Trinajstić information content (AvgIpc) is 3.26. The van der Waals surface area contributed by atoms with Crippen LogP contribution in [0.25, 0.3) is 11.4 Å². The standard InChI is InChI=1S/C14H13BrClN3/c1-17-13-7-12(8-2-3-8)18-14(19-13)9-4-5-11(16)10(15)6-9/h4-8H,2-3H2,1H3,(H,17,18,19). The van der Waals surface area contributed by atoms with E-state index in [4.69, 9.17) is 11.6 Å². The summed E-state index contributed by atoms with van der Waals surface area (Å²) >= 11 is 9.45. The number of nitrogens with one attached hydrogen (secondary N) is 1. The molecule has 0 spiro atoms. The molecule has 1 aliphatic rings. The molecule has 19 heavy (non-hydrogen) atoms. The van der Waals surface area contributed by atoms with E-state index in [2.05, 4.69) is 31.2 Å². The molecule has 1 heterocycles. The highest BCUT2D eigenvalue weighted by atomic mass is 79.9. The van der Waals surface area contributed by atoms with Gasteiger partial charge in [0, 0.05) is 34.8 Å². The van der Waals surface area contributed by atoms with Gasteiger partial charge in [-0.25, -0.2) is 9.97 Å². The largest absolute Gasteiger partial charge is 0.373 e. The molecule has 0 saturated heterocycles. The quantitative estimate of drug-likeness (QED) is 0.896. The van der Waals surface area contributed by atoms with Gasteiger partial charge in [0.1, 0.15) is 5.82 Å². The number of halogens is 2. The van der Waals surface area contributed by atoms with E-state index in [0.29, 0.717) is 10.9 Å². The summed E-state index contributed by atoms with van der Waals surface area (Å²) in [6.45, 7) is 0. The van der Waals surface area contributed by atoms with E-state index in [9.17, 15) is 0 Å². The molecule has 5 heteroatoms. The van der Waals surface area contributed by atoms with Crippen LogP contribution in [0, 0.1) is 0 Å². The zero-order valence-corrected chi connectivity index (χ0v) is 12.8. The lowest BCUT2D eigenvalue weighted by Crippen LogP contribution is -2.00. The van der Waals surface area contributed by atoms with Crippen LogP contribution in [-0.2, 0) is 0 Å². The van der Waals surface area contributed by atoms with Gasteiger partial charge in [-0.3, -0.25) is 0 Å². The van der Waals surface area contributed by atoms with Crippen LogP contribution in [0.2, 0.25) is 5.02 Å². The Balaban J connectivity index is 2.07. The van der Waals surface area contributed by atoms with E-state index in [-0.39, 0.29) is 0 Å². The van der Waals surface area contributed by atoms with E-state index >= 15 is 0 Å². The summed E-state index contributed by atoms with van der Waals surface area (Å²) in [6.07, 6.45) is 2.45. The van der Waals surface area contributed by atoms with Crippen LogP contribution in [0.5, 0.6) is 0 Å². The first-order valence-corrected chi connectivity index (χ1v) is 7.36. The molecule has 0 atom stereocenters. The maximum absolute atomic E-state index is 6.02. The monoisotopic (exact) mass is 337 g/mol. The molecule has 1 N–H and O–H groups in total. The van der Waals surface area contributed by atoms with Crippen molar-refractivity contribution in [2.45, 2.75) is 18.8 Å². The summed E-state index contributed by atoms with van der Waals surface area (Å²) < 4.78 is 0.859. The Labute approximate surface area is 125 Å². The molecule has 3 rings (SSSR count). The predicted octanol–water partition coefficient (Wildman–Crippen LogP) is 4.48. The third-order valence-corrected chi connectivity index (χ3v) is 4.39. The molecule has 0 amide bonds. The number of rotatable bonds is 3. The predicted molar refractivity (Wildman–Crippen MR) is 81.7 cm³/mol. The Morgan fingerprint density at radius 3 is 2.68 bits per heavy atom. The summed E-state index contributed by atoms with van der Waals surface area (Å²) in [4.78, 5) is 9.19. The Morgan fingerprint density at radius 1 is 1.26 bits per heavy atom. The lowest BCUT2D eigenvalue weighted by molar-refractivity contribution is 0.994. The van der Waals surface area contributed by atoms with Crippen molar-refractivity contribution in [3.05, 3.63) is 39.5 Å². The van der Waals surface area contributed by atoms with E-state index in [1.807, 2.05) is 31.3 Å². The fourth-order valence-corrected chi connectivity index (χ4v) is 2.44. The molecule has 0 bridgehead atoms. The normalized spacial score (nSPS) is 14.5. The molecule has 3 nitrogen and oxygen atoms in total. The molecule has 0 aliphatic heterocycles. The van der Waals surface area contributed by atoms with Crippen molar-refractivity contribution in [1.29, 1.82) is 0 Å². The summed E-state index contributed by atoms with van der Waals surface area (Å²) in [5.41, 5.74) is 2.09. The first-order chi connectivity index (χ1) is 9.17. The van der Waals surface area contributed by atoms with Crippen molar-refractivity contribution in [3.8, 4) is 11.4 Å². The van der Waals surface area contributed by atoms with Crippen LogP contribution in [0.4, 0.5) is 5.82 Å². The second kappa shape index (κ2) is 5.10.